The van der Waals surface area contributed by atoms with Gasteiger partial charge in [-0.2, -0.15) is 0 Å². The third-order valence-electron chi connectivity index (χ3n) is 3.58. The highest BCUT2D eigenvalue weighted by molar-refractivity contribution is 6.19. The molecule has 1 N–H and O–H groups in total. The molecule has 1 amide bonds. The Morgan fingerprint density at radius 1 is 1.50 bits per heavy atom. The van der Waals surface area contributed by atoms with E-state index in [0.717, 1.165) is 24.8 Å². The summed E-state index contributed by atoms with van der Waals surface area (Å²) in [5.41, 5.74) is 0. The van der Waals surface area contributed by atoms with Crippen LogP contribution in [0.1, 0.15) is 46.0 Å². The van der Waals surface area contributed by atoms with Crippen LogP contribution in [-0.4, -0.2) is 18.3 Å². The molecular formula is C13H24ClNO. The molecule has 0 aromatic heterocycles. The van der Waals surface area contributed by atoms with Gasteiger partial charge in [0.15, 0.2) is 0 Å². The van der Waals surface area contributed by atoms with Crippen molar-refractivity contribution < 1.29 is 4.79 Å². The summed E-state index contributed by atoms with van der Waals surface area (Å²) in [6, 6.07) is 0. The van der Waals surface area contributed by atoms with Gasteiger partial charge in [0.1, 0.15) is 0 Å². The lowest BCUT2D eigenvalue weighted by Gasteiger charge is -2.26. The Hall–Kier alpha value is -0.240. The average molecular weight is 246 g/mol. The van der Waals surface area contributed by atoms with E-state index in [1.165, 1.54) is 25.7 Å². The number of nitrogens with one attached hydrogen (secondary N) is 1. The lowest BCUT2D eigenvalue weighted by Crippen LogP contribution is -2.32. The van der Waals surface area contributed by atoms with E-state index in [4.69, 9.17) is 11.6 Å². The fourth-order valence-corrected chi connectivity index (χ4v) is 2.61. The van der Waals surface area contributed by atoms with Gasteiger partial charge in [0.05, 0.1) is 0 Å². The van der Waals surface area contributed by atoms with Gasteiger partial charge in [0, 0.05) is 18.3 Å². The summed E-state index contributed by atoms with van der Waals surface area (Å²) in [4.78, 5) is 11.5. The van der Waals surface area contributed by atoms with Crippen molar-refractivity contribution in [2.45, 2.75) is 46.0 Å². The van der Waals surface area contributed by atoms with Crippen LogP contribution in [0.15, 0.2) is 0 Å². The monoisotopic (exact) mass is 245 g/mol. The lowest BCUT2D eigenvalue weighted by molar-refractivity contribution is -0.123. The molecule has 0 bridgehead atoms. The molecule has 0 heterocycles. The van der Waals surface area contributed by atoms with Crippen LogP contribution in [0.25, 0.3) is 0 Å². The zero-order valence-corrected chi connectivity index (χ0v) is 11.2. The molecule has 1 saturated carbocycles. The second-order valence-electron chi connectivity index (χ2n) is 5.27. The first kappa shape index (κ1) is 13.8. The molecule has 0 aliphatic heterocycles. The van der Waals surface area contributed by atoms with Crippen LogP contribution in [0.3, 0.4) is 0 Å². The fraction of sp³-hybridized carbons (Fsp3) is 0.923. The lowest BCUT2D eigenvalue weighted by atomic mass is 9.81. The molecule has 0 saturated heterocycles. The third kappa shape index (κ3) is 4.73. The first-order valence-electron chi connectivity index (χ1n) is 6.47. The number of rotatable bonds is 5. The number of hydrogen-bond donors (Lipinski definition) is 1. The van der Waals surface area contributed by atoms with Gasteiger partial charge in [-0.25, -0.2) is 0 Å². The van der Waals surface area contributed by atoms with Gasteiger partial charge in [-0.05, 0) is 24.7 Å². The molecule has 0 spiro atoms. The molecule has 1 aliphatic carbocycles. The number of alkyl halides is 1. The first-order chi connectivity index (χ1) is 7.63. The molecule has 2 nitrogen and oxygen atoms in total. The Kier molecular flexibility index (Phi) is 6.18. The Morgan fingerprint density at radius 3 is 2.88 bits per heavy atom. The smallest absolute Gasteiger partial charge is 0.224 e. The van der Waals surface area contributed by atoms with Gasteiger partial charge in [-0.15, -0.1) is 11.6 Å². The van der Waals surface area contributed by atoms with E-state index in [9.17, 15) is 4.79 Å². The Balaban J connectivity index is 2.12. The summed E-state index contributed by atoms with van der Waals surface area (Å²) in [7, 11) is 0. The van der Waals surface area contributed by atoms with E-state index in [-0.39, 0.29) is 11.8 Å². The van der Waals surface area contributed by atoms with Crippen molar-refractivity contribution in [3.05, 3.63) is 0 Å². The van der Waals surface area contributed by atoms with E-state index in [2.05, 4.69) is 12.2 Å². The van der Waals surface area contributed by atoms with E-state index in [1.807, 2.05) is 6.92 Å². The van der Waals surface area contributed by atoms with E-state index < -0.39 is 0 Å². The van der Waals surface area contributed by atoms with Gasteiger partial charge in [0.2, 0.25) is 5.91 Å². The van der Waals surface area contributed by atoms with Gasteiger partial charge < -0.3 is 5.32 Å². The summed E-state index contributed by atoms with van der Waals surface area (Å²) >= 11 is 5.63. The molecule has 0 aromatic rings. The van der Waals surface area contributed by atoms with Crippen molar-refractivity contribution in [1.82, 2.24) is 5.32 Å². The molecule has 16 heavy (non-hydrogen) atoms. The van der Waals surface area contributed by atoms with Crippen molar-refractivity contribution in [2.75, 3.05) is 12.4 Å². The third-order valence-corrected chi connectivity index (χ3v) is 4.04. The quantitative estimate of drug-likeness (QED) is 0.741. The van der Waals surface area contributed by atoms with Crippen molar-refractivity contribution >= 4 is 17.5 Å². The highest BCUT2D eigenvalue weighted by Gasteiger charge is 2.19. The number of carbonyl (C=O) groups excluding carboxylic acids is 1. The van der Waals surface area contributed by atoms with E-state index in [1.54, 1.807) is 0 Å². The van der Waals surface area contributed by atoms with E-state index >= 15 is 0 Å². The summed E-state index contributed by atoms with van der Waals surface area (Å²) in [5.74, 6) is 2.13. The van der Waals surface area contributed by atoms with Crippen LogP contribution >= 0.6 is 11.6 Å². The van der Waals surface area contributed by atoms with Gasteiger partial charge >= 0.3 is 0 Å². The Morgan fingerprint density at radius 2 is 2.25 bits per heavy atom. The standard InChI is InChI=1S/C13H24ClNO/c1-10-4-3-5-12(8-10)6-7-15-13(16)11(2)9-14/h10-12H,3-9H2,1-2H3,(H,15,16). The molecular weight excluding hydrogens is 222 g/mol. The predicted octanol–water partition coefficient (Wildman–Crippen LogP) is 3.19. The van der Waals surface area contributed by atoms with E-state index in [0.29, 0.717) is 5.88 Å². The van der Waals surface area contributed by atoms with Crippen LogP contribution in [0.4, 0.5) is 0 Å². The van der Waals surface area contributed by atoms with Crippen LogP contribution in [0, 0.1) is 17.8 Å². The SMILES string of the molecule is CC1CCCC(CCNC(=O)C(C)CCl)C1. The number of carbonyl (C=O) groups is 1. The average Bonchev–Trinajstić information content (AvgIpc) is 2.28. The van der Waals surface area contributed by atoms with Crippen LogP contribution < -0.4 is 5.32 Å². The minimum atomic E-state index is -0.0630. The van der Waals surface area contributed by atoms with Crippen LogP contribution in [0.5, 0.6) is 0 Å². The summed E-state index contributed by atoms with van der Waals surface area (Å²) in [6.07, 6.45) is 6.54. The van der Waals surface area contributed by atoms with Crippen molar-refractivity contribution in [1.29, 1.82) is 0 Å². The molecule has 1 rings (SSSR count). The summed E-state index contributed by atoms with van der Waals surface area (Å²) in [6.45, 7) is 5.02. The minimum absolute atomic E-state index is 0.0630. The summed E-state index contributed by atoms with van der Waals surface area (Å²) < 4.78 is 0. The number of amides is 1. The number of hydrogen-bond acceptors (Lipinski definition) is 1. The van der Waals surface area contributed by atoms with Crippen molar-refractivity contribution in [3.8, 4) is 0 Å². The maximum Gasteiger partial charge on any atom is 0.224 e. The predicted molar refractivity (Wildman–Crippen MR) is 68.6 cm³/mol. The highest BCUT2D eigenvalue weighted by Crippen LogP contribution is 2.30. The summed E-state index contributed by atoms with van der Waals surface area (Å²) in [5, 5.41) is 2.97. The molecule has 3 unspecified atom stereocenters. The van der Waals surface area contributed by atoms with Crippen molar-refractivity contribution in [3.63, 3.8) is 0 Å². The molecule has 1 fully saturated rings. The zero-order valence-electron chi connectivity index (χ0n) is 10.5. The molecule has 1 aliphatic rings. The van der Waals surface area contributed by atoms with Gasteiger partial charge in [-0.1, -0.05) is 33.1 Å². The topological polar surface area (TPSA) is 29.1 Å². The largest absolute Gasteiger partial charge is 0.356 e. The first-order valence-corrected chi connectivity index (χ1v) is 7.00. The van der Waals surface area contributed by atoms with Gasteiger partial charge in [0.25, 0.3) is 0 Å². The van der Waals surface area contributed by atoms with Crippen molar-refractivity contribution in [2.24, 2.45) is 17.8 Å². The van der Waals surface area contributed by atoms with Crippen LogP contribution in [0.2, 0.25) is 0 Å². The second kappa shape index (κ2) is 7.16. The maximum absolute atomic E-state index is 11.5. The highest BCUT2D eigenvalue weighted by atomic mass is 35.5. The Labute approximate surface area is 104 Å². The second-order valence-corrected chi connectivity index (χ2v) is 5.58. The fourth-order valence-electron chi connectivity index (χ4n) is 2.47. The number of halogens is 1. The van der Waals surface area contributed by atoms with Gasteiger partial charge in [-0.3, -0.25) is 4.79 Å². The normalized spacial score (nSPS) is 27.4. The Bertz CT molecular complexity index is 220. The molecule has 3 atom stereocenters. The maximum atomic E-state index is 11.5. The minimum Gasteiger partial charge on any atom is -0.356 e. The zero-order chi connectivity index (χ0) is 12.0. The molecule has 0 radical (unpaired) electrons. The molecule has 94 valence electrons. The molecule has 0 aromatic carbocycles. The molecule has 3 heteroatoms. The van der Waals surface area contributed by atoms with Crippen LogP contribution in [-0.2, 0) is 4.79 Å².